The van der Waals surface area contributed by atoms with Crippen LogP contribution < -0.4 is 5.32 Å². The molecule has 4 nitrogen and oxygen atoms in total. The molecule has 1 N–H and O–H groups in total. The average Bonchev–Trinajstić information content (AvgIpc) is 2.81. The summed E-state index contributed by atoms with van der Waals surface area (Å²) >= 11 is 3.49. The molecule has 0 atom stereocenters. The smallest absolute Gasteiger partial charge is 0.223 e. The van der Waals surface area contributed by atoms with Crippen molar-refractivity contribution in [2.75, 3.05) is 26.2 Å². The van der Waals surface area contributed by atoms with Crippen LogP contribution in [-0.4, -0.2) is 41.9 Å². The minimum absolute atomic E-state index is 0.134. The summed E-state index contributed by atoms with van der Waals surface area (Å²) in [6.07, 6.45) is 4.49. The van der Waals surface area contributed by atoms with Crippen LogP contribution in [0.25, 0.3) is 0 Å². The first kappa shape index (κ1) is 23.5. The van der Waals surface area contributed by atoms with Gasteiger partial charge in [-0.25, -0.2) is 0 Å². The van der Waals surface area contributed by atoms with E-state index in [1.54, 1.807) is 0 Å². The van der Waals surface area contributed by atoms with Crippen molar-refractivity contribution in [2.45, 2.75) is 52.2 Å². The molecule has 2 fully saturated rings. The number of hydrogen-bond donors (Lipinski definition) is 1. The summed E-state index contributed by atoms with van der Waals surface area (Å²) in [6, 6.07) is 17.3. The summed E-state index contributed by atoms with van der Waals surface area (Å²) in [4.78, 5) is 17.8. The number of nitrogens with zero attached hydrogens (tertiary/aromatic N) is 2. The van der Waals surface area contributed by atoms with Crippen LogP contribution in [0.5, 0.6) is 0 Å². The molecule has 2 aromatic carbocycles. The number of nitrogens with one attached hydrogen (secondary N) is 1. The number of rotatable bonds is 7. The minimum Gasteiger partial charge on any atom is -0.352 e. The maximum atomic E-state index is 12.8. The summed E-state index contributed by atoms with van der Waals surface area (Å²) in [5.41, 5.74) is 3.89. The molecule has 1 amide bonds. The van der Waals surface area contributed by atoms with Crippen molar-refractivity contribution in [2.24, 2.45) is 11.8 Å². The van der Waals surface area contributed by atoms with E-state index in [-0.39, 0.29) is 11.8 Å². The van der Waals surface area contributed by atoms with Crippen molar-refractivity contribution in [1.29, 1.82) is 0 Å². The Morgan fingerprint density at radius 3 is 2.16 bits per heavy atom. The largest absolute Gasteiger partial charge is 0.352 e. The molecule has 2 heterocycles. The molecule has 4 rings (SSSR count). The normalized spacial score (nSPS) is 19.2. The van der Waals surface area contributed by atoms with E-state index in [2.05, 4.69) is 86.5 Å². The van der Waals surface area contributed by atoms with Crippen LogP contribution >= 0.6 is 15.9 Å². The highest BCUT2D eigenvalue weighted by atomic mass is 79.9. The third kappa shape index (κ3) is 6.90. The van der Waals surface area contributed by atoms with Crippen molar-refractivity contribution in [3.8, 4) is 0 Å². The lowest BCUT2D eigenvalue weighted by molar-refractivity contribution is -0.126. The van der Waals surface area contributed by atoms with E-state index in [1.165, 1.54) is 42.6 Å². The van der Waals surface area contributed by atoms with Gasteiger partial charge in [0.05, 0.1) is 0 Å². The highest BCUT2D eigenvalue weighted by Gasteiger charge is 2.24. The van der Waals surface area contributed by atoms with E-state index in [1.807, 2.05) is 0 Å². The predicted molar refractivity (Wildman–Crippen MR) is 134 cm³/mol. The number of piperidine rings is 2. The van der Waals surface area contributed by atoms with Gasteiger partial charge in [-0.2, -0.15) is 0 Å². The van der Waals surface area contributed by atoms with Crippen LogP contribution in [-0.2, 0) is 24.4 Å². The molecule has 0 spiro atoms. The highest BCUT2D eigenvalue weighted by Crippen LogP contribution is 2.21. The Morgan fingerprint density at radius 2 is 1.47 bits per heavy atom. The lowest BCUT2D eigenvalue weighted by Gasteiger charge is -2.31. The van der Waals surface area contributed by atoms with Crippen LogP contribution in [0, 0.1) is 11.8 Å². The molecule has 0 aliphatic carbocycles. The minimum atomic E-state index is 0.134. The van der Waals surface area contributed by atoms with Gasteiger partial charge in [-0.1, -0.05) is 59.3 Å². The first-order valence-electron chi connectivity index (χ1n) is 12.1. The molecule has 2 aliphatic rings. The zero-order valence-corrected chi connectivity index (χ0v) is 20.8. The molecule has 2 saturated heterocycles. The second kappa shape index (κ2) is 11.4. The van der Waals surface area contributed by atoms with Gasteiger partial charge in [0.2, 0.25) is 5.91 Å². The number of likely N-dealkylation sites (tertiary alicyclic amines) is 2. The van der Waals surface area contributed by atoms with Gasteiger partial charge >= 0.3 is 0 Å². The first-order chi connectivity index (χ1) is 15.5. The van der Waals surface area contributed by atoms with Gasteiger partial charge in [0.15, 0.2) is 0 Å². The van der Waals surface area contributed by atoms with Crippen molar-refractivity contribution in [1.82, 2.24) is 15.1 Å². The Morgan fingerprint density at radius 1 is 0.875 bits per heavy atom. The zero-order chi connectivity index (χ0) is 22.3. The number of benzene rings is 2. The summed E-state index contributed by atoms with van der Waals surface area (Å²) in [5.74, 6) is 1.21. The van der Waals surface area contributed by atoms with Crippen LogP contribution in [0.15, 0.2) is 53.0 Å². The number of amides is 1. The van der Waals surface area contributed by atoms with E-state index in [9.17, 15) is 4.79 Å². The molecule has 172 valence electrons. The third-order valence-corrected chi connectivity index (χ3v) is 7.55. The summed E-state index contributed by atoms with van der Waals surface area (Å²) in [6.45, 7) is 9.33. The average molecular weight is 499 g/mol. The Bertz CT molecular complexity index is 869. The fourth-order valence-corrected chi connectivity index (χ4v) is 5.12. The number of carbonyl (C=O) groups is 1. The zero-order valence-electron chi connectivity index (χ0n) is 19.2. The van der Waals surface area contributed by atoms with Gasteiger partial charge in [0, 0.05) is 30.0 Å². The molecule has 0 aromatic heterocycles. The Hall–Kier alpha value is -1.69. The van der Waals surface area contributed by atoms with Crippen LogP contribution in [0.3, 0.4) is 0 Å². The van der Waals surface area contributed by atoms with E-state index < -0.39 is 0 Å². The number of halogens is 1. The van der Waals surface area contributed by atoms with Gasteiger partial charge < -0.3 is 5.32 Å². The van der Waals surface area contributed by atoms with Gasteiger partial charge in [-0.05, 0) is 86.6 Å². The maximum Gasteiger partial charge on any atom is 0.223 e. The molecule has 0 saturated carbocycles. The third-order valence-electron chi connectivity index (χ3n) is 7.02. The van der Waals surface area contributed by atoms with Crippen LogP contribution in [0.1, 0.15) is 49.3 Å². The highest BCUT2D eigenvalue weighted by molar-refractivity contribution is 9.10. The van der Waals surface area contributed by atoms with E-state index >= 15 is 0 Å². The molecule has 0 unspecified atom stereocenters. The fraction of sp³-hybridized carbons (Fsp3) is 0.519. The molecular weight excluding hydrogens is 462 g/mol. The first-order valence-corrected chi connectivity index (χ1v) is 12.9. The monoisotopic (exact) mass is 497 g/mol. The van der Waals surface area contributed by atoms with Crippen LogP contribution in [0.4, 0.5) is 0 Å². The van der Waals surface area contributed by atoms with E-state index in [0.717, 1.165) is 49.4 Å². The summed E-state index contributed by atoms with van der Waals surface area (Å²) in [5, 5.41) is 3.20. The quantitative estimate of drug-likeness (QED) is 0.570. The standard InChI is InChI=1S/C27H36BrN3O/c1-21-9-13-30(14-10-21)20-24-4-2-3-23(17-24)18-29-27(32)25-11-15-31(16-12-25)19-22-5-7-26(28)8-6-22/h2-8,17,21,25H,9-16,18-20H2,1H3,(H,29,32). The summed E-state index contributed by atoms with van der Waals surface area (Å²) in [7, 11) is 0. The molecule has 0 bridgehead atoms. The van der Waals surface area contributed by atoms with Crippen molar-refractivity contribution in [3.63, 3.8) is 0 Å². The van der Waals surface area contributed by atoms with Crippen molar-refractivity contribution < 1.29 is 4.79 Å². The maximum absolute atomic E-state index is 12.8. The molecule has 5 heteroatoms. The Balaban J connectivity index is 1.20. The molecule has 2 aliphatic heterocycles. The van der Waals surface area contributed by atoms with Gasteiger partial charge in [0.1, 0.15) is 0 Å². The Kier molecular flexibility index (Phi) is 8.39. The van der Waals surface area contributed by atoms with Crippen molar-refractivity contribution in [3.05, 3.63) is 69.7 Å². The SMILES string of the molecule is CC1CCN(Cc2cccc(CNC(=O)C3CCN(Cc4ccc(Br)cc4)CC3)c2)CC1. The predicted octanol–water partition coefficient (Wildman–Crippen LogP) is 5.21. The second-order valence-corrected chi connectivity index (χ2v) is 10.6. The Labute approximate surface area is 201 Å². The van der Waals surface area contributed by atoms with Crippen molar-refractivity contribution >= 4 is 21.8 Å². The molecule has 0 radical (unpaired) electrons. The van der Waals surface area contributed by atoms with Gasteiger partial charge in [-0.3, -0.25) is 14.6 Å². The second-order valence-electron chi connectivity index (χ2n) is 9.67. The van der Waals surface area contributed by atoms with E-state index in [4.69, 9.17) is 0 Å². The summed E-state index contributed by atoms with van der Waals surface area (Å²) < 4.78 is 1.11. The lowest BCUT2D eigenvalue weighted by atomic mass is 9.95. The molecule has 32 heavy (non-hydrogen) atoms. The fourth-order valence-electron chi connectivity index (χ4n) is 4.85. The van der Waals surface area contributed by atoms with Crippen LogP contribution in [0.2, 0.25) is 0 Å². The number of carbonyl (C=O) groups excluding carboxylic acids is 1. The molecular formula is C27H36BrN3O. The molecule has 2 aromatic rings. The number of hydrogen-bond acceptors (Lipinski definition) is 3. The topological polar surface area (TPSA) is 35.6 Å². The van der Waals surface area contributed by atoms with Gasteiger partial charge in [-0.15, -0.1) is 0 Å². The lowest BCUT2D eigenvalue weighted by Crippen LogP contribution is -2.40. The van der Waals surface area contributed by atoms with E-state index in [0.29, 0.717) is 6.54 Å². The van der Waals surface area contributed by atoms with Gasteiger partial charge in [0.25, 0.3) is 0 Å².